The lowest BCUT2D eigenvalue weighted by atomic mass is 10.2. The molecule has 0 radical (unpaired) electrons. The fourth-order valence-corrected chi connectivity index (χ4v) is 1.29. The summed E-state index contributed by atoms with van der Waals surface area (Å²) in [5.41, 5.74) is 1.32. The highest BCUT2D eigenvalue weighted by Gasteiger charge is 1.98. The number of hydrogen-bond acceptors (Lipinski definition) is 2. The summed E-state index contributed by atoms with van der Waals surface area (Å²) < 4.78 is 0. The third-order valence-electron chi connectivity index (χ3n) is 1.26. The van der Waals surface area contributed by atoms with E-state index in [1.54, 1.807) is 24.3 Å². The molecular formula is C8H8O2S. The van der Waals surface area contributed by atoms with Crippen LogP contribution in [0, 0.1) is 0 Å². The normalized spacial score (nSPS) is 11.5. The Hall–Kier alpha value is -1.09. The first kappa shape index (κ1) is 8.01. The van der Waals surface area contributed by atoms with Crippen LogP contribution in [-0.2, 0) is 4.79 Å². The molecule has 1 aromatic rings. The molecular weight excluding hydrogens is 160 g/mol. The monoisotopic (exact) mass is 168 g/mol. The third-order valence-corrected chi connectivity index (χ3v) is 1.97. The van der Waals surface area contributed by atoms with Gasteiger partial charge >= 0.3 is 5.97 Å². The molecule has 1 heterocycles. The van der Waals surface area contributed by atoms with Crippen molar-refractivity contribution in [1.29, 1.82) is 0 Å². The zero-order valence-corrected chi connectivity index (χ0v) is 6.89. The molecule has 0 aromatic carbocycles. The van der Waals surface area contributed by atoms with Crippen molar-refractivity contribution in [1.82, 2.24) is 0 Å². The van der Waals surface area contributed by atoms with E-state index in [4.69, 9.17) is 5.11 Å². The summed E-state index contributed by atoms with van der Waals surface area (Å²) in [5, 5.41) is 12.3. The van der Waals surface area contributed by atoms with Gasteiger partial charge in [-0.1, -0.05) is 0 Å². The molecule has 0 spiro atoms. The van der Waals surface area contributed by atoms with Crippen molar-refractivity contribution in [3.63, 3.8) is 0 Å². The van der Waals surface area contributed by atoms with Gasteiger partial charge in [-0.05, 0) is 35.4 Å². The minimum absolute atomic E-state index is 0.364. The molecule has 3 heteroatoms. The second-order valence-electron chi connectivity index (χ2n) is 2.19. The van der Waals surface area contributed by atoms with Gasteiger partial charge < -0.3 is 5.11 Å². The number of carboxylic acid groups (broad SMARTS) is 1. The summed E-state index contributed by atoms with van der Waals surface area (Å²) in [6.07, 6.45) is 1.65. The molecule has 0 amide bonds. The van der Waals surface area contributed by atoms with Gasteiger partial charge in [-0.2, -0.15) is 11.3 Å². The van der Waals surface area contributed by atoms with Crippen LogP contribution < -0.4 is 0 Å². The first-order valence-corrected chi connectivity index (χ1v) is 4.08. The van der Waals surface area contributed by atoms with Crippen molar-refractivity contribution >= 4 is 23.4 Å². The quantitative estimate of drug-likeness (QED) is 0.687. The fourth-order valence-electron chi connectivity index (χ4n) is 0.669. The van der Waals surface area contributed by atoms with Crippen LogP contribution in [0.2, 0.25) is 0 Å². The molecule has 0 saturated carbocycles. The second-order valence-corrected chi connectivity index (χ2v) is 2.97. The number of thiophene rings is 1. The predicted molar refractivity (Wildman–Crippen MR) is 45.6 cm³/mol. The van der Waals surface area contributed by atoms with Crippen LogP contribution in [0.3, 0.4) is 0 Å². The van der Waals surface area contributed by atoms with Crippen molar-refractivity contribution in [3.05, 3.63) is 28.0 Å². The number of aliphatic carboxylic acids is 1. The molecule has 1 rings (SSSR count). The van der Waals surface area contributed by atoms with E-state index in [0.717, 1.165) is 5.56 Å². The first-order chi connectivity index (χ1) is 5.20. The zero-order chi connectivity index (χ0) is 8.27. The van der Waals surface area contributed by atoms with Crippen LogP contribution in [0.1, 0.15) is 12.5 Å². The van der Waals surface area contributed by atoms with Crippen molar-refractivity contribution in [2.75, 3.05) is 0 Å². The first-order valence-electron chi connectivity index (χ1n) is 3.14. The van der Waals surface area contributed by atoms with Gasteiger partial charge in [0, 0.05) is 5.57 Å². The average Bonchev–Trinajstić information content (AvgIpc) is 2.39. The Balaban J connectivity index is 2.82. The minimum Gasteiger partial charge on any atom is -0.478 e. The van der Waals surface area contributed by atoms with Crippen molar-refractivity contribution < 1.29 is 9.90 Å². The van der Waals surface area contributed by atoms with Crippen LogP contribution >= 0.6 is 11.3 Å². The third kappa shape index (κ3) is 2.20. The SMILES string of the molecule is C/C(=C\c1ccsc1)C(=O)O. The van der Waals surface area contributed by atoms with E-state index in [-0.39, 0.29) is 0 Å². The Morgan fingerprint density at radius 2 is 2.45 bits per heavy atom. The lowest BCUT2D eigenvalue weighted by Gasteiger charge is -1.89. The van der Waals surface area contributed by atoms with Gasteiger partial charge in [0.2, 0.25) is 0 Å². The molecule has 11 heavy (non-hydrogen) atoms. The van der Waals surface area contributed by atoms with E-state index in [9.17, 15) is 4.79 Å². The summed E-state index contributed by atoms with van der Waals surface area (Å²) >= 11 is 1.56. The fraction of sp³-hybridized carbons (Fsp3) is 0.125. The molecule has 0 atom stereocenters. The van der Waals surface area contributed by atoms with Crippen LogP contribution in [0.15, 0.2) is 22.4 Å². The summed E-state index contributed by atoms with van der Waals surface area (Å²) in [7, 11) is 0. The van der Waals surface area contributed by atoms with Gasteiger partial charge in [-0.15, -0.1) is 0 Å². The lowest BCUT2D eigenvalue weighted by molar-refractivity contribution is -0.132. The Morgan fingerprint density at radius 1 is 1.73 bits per heavy atom. The van der Waals surface area contributed by atoms with Gasteiger partial charge in [0.1, 0.15) is 0 Å². The van der Waals surface area contributed by atoms with Gasteiger partial charge in [-0.3, -0.25) is 0 Å². The smallest absolute Gasteiger partial charge is 0.331 e. The van der Waals surface area contributed by atoms with E-state index in [2.05, 4.69) is 0 Å². The maximum Gasteiger partial charge on any atom is 0.331 e. The lowest BCUT2D eigenvalue weighted by Crippen LogP contribution is -1.94. The molecule has 0 unspecified atom stereocenters. The Bertz CT molecular complexity index is 272. The number of hydrogen-bond donors (Lipinski definition) is 1. The Morgan fingerprint density at radius 3 is 2.91 bits per heavy atom. The molecule has 0 bridgehead atoms. The van der Waals surface area contributed by atoms with Gasteiger partial charge in [0.25, 0.3) is 0 Å². The molecule has 2 nitrogen and oxygen atoms in total. The maximum absolute atomic E-state index is 10.4. The van der Waals surface area contributed by atoms with Gasteiger partial charge in [0.15, 0.2) is 0 Å². The highest BCUT2D eigenvalue weighted by atomic mass is 32.1. The Kier molecular flexibility index (Phi) is 2.44. The topological polar surface area (TPSA) is 37.3 Å². The van der Waals surface area contributed by atoms with Gasteiger partial charge in [-0.25, -0.2) is 4.79 Å². The summed E-state index contributed by atoms with van der Waals surface area (Å²) in [5.74, 6) is -0.865. The van der Waals surface area contributed by atoms with Crippen molar-refractivity contribution in [2.45, 2.75) is 6.92 Å². The van der Waals surface area contributed by atoms with Crippen LogP contribution in [0.25, 0.3) is 6.08 Å². The molecule has 0 saturated heterocycles. The van der Waals surface area contributed by atoms with Crippen LogP contribution in [-0.4, -0.2) is 11.1 Å². The van der Waals surface area contributed by atoms with E-state index >= 15 is 0 Å². The molecule has 0 aliphatic heterocycles. The number of carbonyl (C=O) groups is 1. The molecule has 1 aromatic heterocycles. The molecule has 1 N–H and O–H groups in total. The van der Waals surface area contributed by atoms with Crippen molar-refractivity contribution in [3.8, 4) is 0 Å². The van der Waals surface area contributed by atoms with E-state index in [1.807, 2.05) is 16.8 Å². The van der Waals surface area contributed by atoms with Crippen LogP contribution in [0.5, 0.6) is 0 Å². The highest BCUT2D eigenvalue weighted by Crippen LogP contribution is 2.10. The van der Waals surface area contributed by atoms with Crippen molar-refractivity contribution in [2.24, 2.45) is 0 Å². The highest BCUT2D eigenvalue weighted by molar-refractivity contribution is 7.08. The standard InChI is InChI=1S/C8H8O2S/c1-6(8(9)10)4-7-2-3-11-5-7/h2-5H,1H3,(H,9,10)/b6-4+. The molecule has 58 valence electrons. The minimum atomic E-state index is -0.865. The average molecular weight is 168 g/mol. The maximum atomic E-state index is 10.4. The summed E-state index contributed by atoms with van der Waals surface area (Å²) in [6, 6.07) is 1.89. The largest absolute Gasteiger partial charge is 0.478 e. The summed E-state index contributed by atoms with van der Waals surface area (Å²) in [4.78, 5) is 10.4. The summed E-state index contributed by atoms with van der Waals surface area (Å²) in [6.45, 7) is 1.58. The predicted octanol–water partition coefficient (Wildman–Crippen LogP) is 2.24. The van der Waals surface area contributed by atoms with E-state index in [1.165, 1.54) is 0 Å². The van der Waals surface area contributed by atoms with E-state index < -0.39 is 5.97 Å². The molecule has 0 aliphatic rings. The number of rotatable bonds is 2. The van der Waals surface area contributed by atoms with E-state index in [0.29, 0.717) is 5.57 Å². The molecule has 0 aliphatic carbocycles. The van der Waals surface area contributed by atoms with Gasteiger partial charge in [0.05, 0.1) is 0 Å². The second kappa shape index (κ2) is 3.34. The zero-order valence-electron chi connectivity index (χ0n) is 6.07. The number of carboxylic acids is 1. The van der Waals surface area contributed by atoms with Crippen LogP contribution in [0.4, 0.5) is 0 Å². The Labute approximate surface area is 68.8 Å². The molecule has 0 fully saturated rings.